The van der Waals surface area contributed by atoms with Crippen molar-refractivity contribution in [3.05, 3.63) is 30.3 Å². The molecule has 1 aromatic heterocycles. The van der Waals surface area contributed by atoms with Gasteiger partial charge in [-0.2, -0.15) is 4.80 Å². The lowest BCUT2D eigenvalue weighted by atomic mass is 10.2. The zero-order chi connectivity index (χ0) is 13.5. The summed E-state index contributed by atoms with van der Waals surface area (Å²) in [5.41, 5.74) is 0.795. The minimum atomic E-state index is -3.23. The SMILES string of the molecule is O=S1(=O)CC(O)C(n2nnc(-c3ccccc3)n2)C1. The van der Waals surface area contributed by atoms with E-state index in [2.05, 4.69) is 15.4 Å². The van der Waals surface area contributed by atoms with Gasteiger partial charge in [0.05, 0.1) is 17.6 Å². The van der Waals surface area contributed by atoms with Gasteiger partial charge in [0.2, 0.25) is 5.82 Å². The molecule has 1 N–H and O–H groups in total. The molecule has 2 atom stereocenters. The lowest BCUT2D eigenvalue weighted by Crippen LogP contribution is -2.24. The summed E-state index contributed by atoms with van der Waals surface area (Å²) in [5.74, 6) is 0.00985. The van der Waals surface area contributed by atoms with Gasteiger partial charge in [0.1, 0.15) is 6.04 Å². The van der Waals surface area contributed by atoms with Crippen LogP contribution in [0.2, 0.25) is 0 Å². The third kappa shape index (κ3) is 2.36. The molecule has 100 valence electrons. The van der Waals surface area contributed by atoms with Gasteiger partial charge in [-0.15, -0.1) is 10.2 Å². The van der Waals surface area contributed by atoms with Crippen molar-refractivity contribution in [3.8, 4) is 11.4 Å². The quantitative estimate of drug-likeness (QED) is 0.809. The molecule has 1 saturated heterocycles. The van der Waals surface area contributed by atoms with Gasteiger partial charge in [0, 0.05) is 5.56 Å². The van der Waals surface area contributed by atoms with E-state index >= 15 is 0 Å². The summed E-state index contributed by atoms with van der Waals surface area (Å²) in [6.07, 6.45) is -0.983. The maximum atomic E-state index is 11.5. The Morgan fingerprint density at radius 1 is 1.21 bits per heavy atom. The van der Waals surface area contributed by atoms with Crippen LogP contribution in [0.25, 0.3) is 11.4 Å². The van der Waals surface area contributed by atoms with Crippen molar-refractivity contribution in [2.45, 2.75) is 12.1 Å². The first kappa shape index (κ1) is 12.2. The van der Waals surface area contributed by atoms with Gasteiger partial charge < -0.3 is 5.11 Å². The van der Waals surface area contributed by atoms with Gasteiger partial charge in [-0.05, 0) is 5.21 Å². The van der Waals surface area contributed by atoms with E-state index in [1.165, 1.54) is 4.80 Å². The number of aliphatic hydroxyl groups is 1. The second-order valence-electron chi connectivity index (χ2n) is 4.51. The summed E-state index contributed by atoms with van der Waals surface area (Å²) in [6.45, 7) is 0. The zero-order valence-corrected chi connectivity index (χ0v) is 10.7. The minimum absolute atomic E-state index is 0.154. The van der Waals surface area contributed by atoms with E-state index < -0.39 is 22.0 Å². The molecule has 1 aliphatic rings. The number of rotatable bonds is 2. The molecule has 7 nitrogen and oxygen atoms in total. The van der Waals surface area contributed by atoms with Crippen molar-refractivity contribution >= 4 is 9.84 Å². The van der Waals surface area contributed by atoms with Crippen LogP contribution >= 0.6 is 0 Å². The van der Waals surface area contributed by atoms with Crippen molar-refractivity contribution in [1.82, 2.24) is 20.2 Å². The fourth-order valence-electron chi connectivity index (χ4n) is 2.10. The number of aliphatic hydroxyl groups excluding tert-OH is 1. The number of aromatic nitrogens is 4. The molecule has 3 rings (SSSR count). The summed E-state index contributed by atoms with van der Waals surface area (Å²) in [6, 6.07) is 8.60. The second kappa shape index (κ2) is 4.39. The van der Waals surface area contributed by atoms with Crippen molar-refractivity contribution < 1.29 is 13.5 Å². The average molecular weight is 280 g/mol. The molecule has 0 amide bonds. The third-order valence-electron chi connectivity index (χ3n) is 3.05. The summed E-state index contributed by atoms with van der Waals surface area (Å²) >= 11 is 0. The fraction of sp³-hybridized carbons (Fsp3) is 0.364. The van der Waals surface area contributed by atoms with Gasteiger partial charge in [-0.25, -0.2) is 8.42 Å². The first-order valence-electron chi connectivity index (χ1n) is 5.78. The van der Waals surface area contributed by atoms with Gasteiger partial charge in [-0.1, -0.05) is 30.3 Å². The van der Waals surface area contributed by atoms with Gasteiger partial charge in [0.25, 0.3) is 0 Å². The molecule has 2 aromatic rings. The molecule has 19 heavy (non-hydrogen) atoms. The Hall–Kier alpha value is -1.80. The van der Waals surface area contributed by atoms with E-state index in [-0.39, 0.29) is 11.5 Å². The molecule has 0 saturated carbocycles. The number of benzene rings is 1. The smallest absolute Gasteiger partial charge is 0.204 e. The van der Waals surface area contributed by atoms with Crippen LogP contribution in [-0.4, -0.2) is 51.3 Å². The first-order chi connectivity index (χ1) is 9.05. The molecule has 1 fully saturated rings. The molecule has 1 aliphatic heterocycles. The molecule has 2 heterocycles. The minimum Gasteiger partial charge on any atom is -0.390 e. The Labute approximate surface area is 109 Å². The van der Waals surface area contributed by atoms with Crippen molar-refractivity contribution in [3.63, 3.8) is 0 Å². The van der Waals surface area contributed by atoms with Crippen molar-refractivity contribution in [1.29, 1.82) is 0 Å². The Balaban J connectivity index is 1.91. The number of hydrogen-bond acceptors (Lipinski definition) is 6. The molecule has 8 heteroatoms. The molecule has 0 bridgehead atoms. The molecule has 0 radical (unpaired) electrons. The largest absolute Gasteiger partial charge is 0.390 e. The van der Waals surface area contributed by atoms with Gasteiger partial charge in [0.15, 0.2) is 9.84 Å². The summed E-state index contributed by atoms with van der Waals surface area (Å²) in [5, 5.41) is 21.6. The Kier molecular flexibility index (Phi) is 2.83. The van der Waals surface area contributed by atoms with Crippen LogP contribution < -0.4 is 0 Å². The van der Waals surface area contributed by atoms with Crippen LogP contribution in [0.15, 0.2) is 30.3 Å². The number of nitrogens with zero attached hydrogens (tertiary/aromatic N) is 4. The molecule has 2 unspecified atom stereocenters. The molecule has 0 aliphatic carbocycles. The second-order valence-corrected chi connectivity index (χ2v) is 6.66. The first-order valence-corrected chi connectivity index (χ1v) is 7.61. The standard InChI is InChI=1S/C11H12N4O3S/c16-10-7-19(17,18)6-9(10)15-13-11(12-14-15)8-4-2-1-3-5-8/h1-5,9-10,16H,6-7H2. The fourth-order valence-corrected chi connectivity index (χ4v) is 3.85. The van der Waals surface area contributed by atoms with Gasteiger partial charge >= 0.3 is 0 Å². The van der Waals surface area contributed by atoms with Crippen LogP contribution in [0.3, 0.4) is 0 Å². The molecular formula is C11H12N4O3S. The Morgan fingerprint density at radius 2 is 1.95 bits per heavy atom. The van der Waals surface area contributed by atoms with Crippen LogP contribution in [0.5, 0.6) is 0 Å². The highest BCUT2D eigenvalue weighted by Crippen LogP contribution is 2.23. The normalized spacial score (nSPS) is 25.5. The third-order valence-corrected chi connectivity index (χ3v) is 4.75. The van der Waals surface area contributed by atoms with E-state index in [4.69, 9.17) is 0 Å². The van der Waals surface area contributed by atoms with E-state index in [0.29, 0.717) is 5.82 Å². The molecule has 1 aromatic carbocycles. The van der Waals surface area contributed by atoms with Crippen LogP contribution in [-0.2, 0) is 9.84 Å². The van der Waals surface area contributed by atoms with E-state index in [1.54, 1.807) is 0 Å². The highest BCUT2D eigenvalue weighted by molar-refractivity contribution is 7.91. The summed E-state index contributed by atoms with van der Waals surface area (Å²) in [4.78, 5) is 1.19. The summed E-state index contributed by atoms with van der Waals surface area (Å²) in [7, 11) is -3.23. The van der Waals surface area contributed by atoms with Crippen LogP contribution in [0.1, 0.15) is 6.04 Å². The van der Waals surface area contributed by atoms with E-state index in [9.17, 15) is 13.5 Å². The number of sulfone groups is 1. The number of hydrogen-bond donors (Lipinski definition) is 1. The Bertz CT molecular complexity index is 683. The maximum Gasteiger partial charge on any atom is 0.204 e. The number of tetrazole rings is 1. The molecular weight excluding hydrogens is 268 g/mol. The van der Waals surface area contributed by atoms with Crippen LogP contribution in [0.4, 0.5) is 0 Å². The van der Waals surface area contributed by atoms with Crippen LogP contribution in [0, 0.1) is 0 Å². The van der Waals surface area contributed by atoms with E-state index in [1.807, 2.05) is 30.3 Å². The predicted molar refractivity (Wildman–Crippen MR) is 67.0 cm³/mol. The topological polar surface area (TPSA) is 98.0 Å². The highest BCUT2D eigenvalue weighted by atomic mass is 32.2. The lowest BCUT2D eigenvalue weighted by Gasteiger charge is -2.09. The molecule has 0 spiro atoms. The van der Waals surface area contributed by atoms with Crippen molar-refractivity contribution in [2.75, 3.05) is 11.5 Å². The highest BCUT2D eigenvalue weighted by Gasteiger charge is 2.39. The average Bonchev–Trinajstić information content (AvgIpc) is 2.95. The monoisotopic (exact) mass is 280 g/mol. The predicted octanol–water partition coefficient (Wildman–Crippen LogP) is -0.330. The zero-order valence-electron chi connectivity index (χ0n) is 9.92. The van der Waals surface area contributed by atoms with Crippen molar-refractivity contribution in [2.24, 2.45) is 0 Å². The summed E-state index contributed by atoms with van der Waals surface area (Å²) < 4.78 is 22.9. The van der Waals surface area contributed by atoms with Gasteiger partial charge in [-0.3, -0.25) is 0 Å². The maximum absolute atomic E-state index is 11.5. The lowest BCUT2D eigenvalue weighted by molar-refractivity contribution is 0.137. The van der Waals surface area contributed by atoms with E-state index in [0.717, 1.165) is 5.56 Å². The Morgan fingerprint density at radius 3 is 2.58 bits per heavy atom.